The summed E-state index contributed by atoms with van der Waals surface area (Å²) in [6.07, 6.45) is 1.86. The van der Waals surface area contributed by atoms with Crippen molar-refractivity contribution in [1.29, 1.82) is 0 Å². The Kier molecular flexibility index (Phi) is 7.73. The van der Waals surface area contributed by atoms with Crippen LogP contribution in [-0.4, -0.2) is 43.6 Å². The Bertz CT molecular complexity index is 381. The quantitative estimate of drug-likeness (QED) is 0.705. The van der Waals surface area contributed by atoms with E-state index in [-0.39, 0.29) is 5.91 Å². The molecule has 1 rings (SSSR count). The van der Waals surface area contributed by atoms with Crippen molar-refractivity contribution in [1.82, 2.24) is 10.2 Å². The number of ether oxygens (including phenoxy) is 1. The number of rotatable bonds is 9. The number of hydrogen-bond donors (Lipinski definition) is 1. The second-order valence-corrected chi connectivity index (χ2v) is 5.02. The van der Waals surface area contributed by atoms with Crippen molar-refractivity contribution < 1.29 is 9.53 Å². The molecule has 4 heteroatoms. The van der Waals surface area contributed by atoms with Gasteiger partial charge in [-0.2, -0.15) is 0 Å². The molecule has 0 radical (unpaired) electrons. The minimum absolute atomic E-state index is 0.130. The Hall–Kier alpha value is -1.55. The third kappa shape index (κ3) is 6.57. The number of nitrogens with zero attached hydrogens (tertiary/aromatic N) is 1. The molecule has 1 aromatic rings. The molecular formula is C16H26N2O2. The van der Waals surface area contributed by atoms with Gasteiger partial charge in [-0.1, -0.05) is 25.1 Å². The van der Waals surface area contributed by atoms with Gasteiger partial charge in [0, 0.05) is 19.6 Å². The molecule has 0 saturated heterocycles. The SMILES string of the molecule is CCC(C)NCC(=O)N(C)CCCOc1ccccc1. The number of carbonyl (C=O) groups excluding carboxylic acids is 1. The van der Waals surface area contributed by atoms with Crippen molar-refractivity contribution >= 4 is 5.91 Å². The van der Waals surface area contributed by atoms with Crippen LogP contribution in [0.25, 0.3) is 0 Å². The average Bonchev–Trinajstić information content (AvgIpc) is 2.49. The first-order valence-electron chi connectivity index (χ1n) is 7.28. The zero-order valence-corrected chi connectivity index (χ0v) is 12.8. The van der Waals surface area contributed by atoms with Crippen LogP contribution in [-0.2, 0) is 4.79 Å². The minimum atomic E-state index is 0.130. The summed E-state index contributed by atoms with van der Waals surface area (Å²) in [7, 11) is 1.84. The molecule has 1 atom stereocenters. The molecule has 0 aliphatic heterocycles. The van der Waals surface area contributed by atoms with Gasteiger partial charge in [0.25, 0.3) is 0 Å². The summed E-state index contributed by atoms with van der Waals surface area (Å²) in [5.74, 6) is 1.00. The Labute approximate surface area is 122 Å². The second kappa shape index (κ2) is 9.37. The van der Waals surface area contributed by atoms with E-state index in [9.17, 15) is 4.79 Å². The third-order valence-electron chi connectivity index (χ3n) is 3.29. The van der Waals surface area contributed by atoms with Crippen LogP contribution in [0.3, 0.4) is 0 Å². The molecule has 0 bridgehead atoms. The molecule has 0 aliphatic rings. The fourth-order valence-corrected chi connectivity index (χ4v) is 1.67. The predicted octanol–water partition coefficient (Wildman–Crippen LogP) is 2.30. The topological polar surface area (TPSA) is 41.6 Å². The molecule has 0 aromatic heterocycles. The summed E-state index contributed by atoms with van der Waals surface area (Å²) in [4.78, 5) is 13.6. The van der Waals surface area contributed by atoms with Gasteiger partial charge in [-0.3, -0.25) is 4.79 Å². The van der Waals surface area contributed by atoms with Crippen LogP contribution in [0.4, 0.5) is 0 Å². The molecule has 0 spiro atoms. The van der Waals surface area contributed by atoms with Gasteiger partial charge >= 0.3 is 0 Å². The molecule has 1 N–H and O–H groups in total. The fourth-order valence-electron chi connectivity index (χ4n) is 1.67. The van der Waals surface area contributed by atoms with E-state index >= 15 is 0 Å². The van der Waals surface area contributed by atoms with Gasteiger partial charge in [0.05, 0.1) is 13.2 Å². The Morgan fingerprint density at radius 2 is 2.05 bits per heavy atom. The van der Waals surface area contributed by atoms with Crippen molar-refractivity contribution in [2.45, 2.75) is 32.7 Å². The van der Waals surface area contributed by atoms with Gasteiger partial charge < -0.3 is 15.0 Å². The van der Waals surface area contributed by atoms with Gasteiger partial charge in [-0.25, -0.2) is 0 Å². The van der Waals surface area contributed by atoms with Crippen molar-refractivity contribution in [3.05, 3.63) is 30.3 Å². The molecule has 0 heterocycles. The predicted molar refractivity (Wildman–Crippen MR) is 81.9 cm³/mol. The summed E-state index contributed by atoms with van der Waals surface area (Å²) >= 11 is 0. The van der Waals surface area contributed by atoms with E-state index in [1.54, 1.807) is 4.90 Å². The van der Waals surface area contributed by atoms with E-state index in [0.717, 1.165) is 18.6 Å². The molecule has 0 aliphatic carbocycles. The first-order chi connectivity index (χ1) is 9.63. The van der Waals surface area contributed by atoms with Crippen LogP contribution < -0.4 is 10.1 Å². The largest absolute Gasteiger partial charge is 0.494 e. The van der Waals surface area contributed by atoms with Gasteiger partial charge in [0.15, 0.2) is 0 Å². The van der Waals surface area contributed by atoms with E-state index < -0.39 is 0 Å². The standard InChI is InChI=1S/C16H26N2O2/c1-4-14(2)17-13-16(19)18(3)11-8-12-20-15-9-6-5-7-10-15/h5-7,9-10,14,17H,4,8,11-13H2,1-3H3. The lowest BCUT2D eigenvalue weighted by molar-refractivity contribution is -0.129. The fraction of sp³-hybridized carbons (Fsp3) is 0.562. The number of amides is 1. The maximum absolute atomic E-state index is 11.9. The highest BCUT2D eigenvalue weighted by atomic mass is 16.5. The van der Waals surface area contributed by atoms with E-state index in [2.05, 4.69) is 19.2 Å². The lowest BCUT2D eigenvalue weighted by Crippen LogP contribution is -2.39. The summed E-state index contributed by atoms with van der Waals surface area (Å²) in [5.41, 5.74) is 0. The Morgan fingerprint density at radius 1 is 1.35 bits per heavy atom. The maximum Gasteiger partial charge on any atom is 0.236 e. The number of carbonyl (C=O) groups is 1. The zero-order chi connectivity index (χ0) is 14.8. The monoisotopic (exact) mass is 278 g/mol. The normalized spacial score (nSPS) is 11.9. The smallest absolute Gasteiger partial charge is 0.236 e. The first-order valence-corrected chi connectivity index (χ1v) is 7.28. The van der Waals surface area contributed by atoms with Crippen LogP contribution in [0.15, 0.2) is 30.3 Å². The summed E-state index contributed by atoms with van der Waals surface area (Å²) in [6, 6.07) is 10.1. The molecule has 1 aromatic carbocycles. The molecule has 0 fully saturated rings. The lowest BCUT2D eigenvalue weighted by Gasteiger charge is -2.19. The lowest BCUT2D eigenvalue weighted by atomic mass is 10.2. The number of benzene rings is 1. The minimum Gasteiger partial charge on any atom is -0.494 e. The summed E-state index contributed by atoms with van der Waals surface area (Å²) in [5, 5.41) is 3.21. The molecular weight excluding hydrogens is 252 g/mol. The maximum atomic E-state index is 11.9. The van der Waals surface area contributed by atoms with E-state index in [1.165, 1.54) is 0 Å². The number of nitrogens with one attached hydrogen (secondary N) is 1. The van der Waals surface area contributed by atoms with Crippen LogP contribution in [0, 0.1) is 0 Å². The number of para-hydroxylation sites is 1. The van der Waals surface area contributed by atoms with Crippen LogP contribution in [0.2, 0.25) is 0 Å². The van der Waals surface area contributed by atoms with Crippen LogP contribution >= 0.6 is 0 Å². The van der Waals surface area contributed by atoms with E-state index in [4.69, 9.17) is 4.74 Å². The van der Waals surface area contributed by atoms with Gasteiger partial charge in [-0.05, 0) is 31.9 Å². The third-order valence-corrected chi connectivity index (χ3v) is 3.29. The Morgan fingerprint density at radius 3 is 2.70 bits per heavy atom. The zero-order valence-electron chi connectivity index (χ0n) is 12.8. The first kappa shape index (κ1) is 16.5. The molecule has 20 heavy (non-hydrogen) atoms. The molecule has 1 unspecified atom stereocenters. The highest BCUT2D eigenvalue weighted by Gasteiger charge is 2.09. The molecule has 1 amide bonds. The number of likely N-dealkylation sites (N-methyl/N-ethyl adjacent to an activating group) is 1. The average molecular weight is 278 g/mol. The van der Waals surface area contributed by atoms with Gasteiger partial charge in [0.2, 0.25) is 5.91 Å². The highest BCUT2D eigenvalue weighted by molar-refractivity contribution is 5.77. The second-order valence-electron chi connectivity index (χ2n) is 5.02. The summed E-state index contributed by atoms with van der Waals surface area (Å²) < 4.78 is 5.60. The van der Waals surface area contributed by atoms with Gasteiger partial charge in [-0.15, -0.1) is 0 Å². The van der Waals surface area contributed by atoms with Crippen molar-refractivity contribution in [2.24, 2.45) is 0 Å². The van der Waals surface area contributed by atoms with Crippen molar-refractivity contribution in [3.63, 3.8) is 0 Å². The molecule has 4 nitrogen and oxygen atoms in total. The van der Waals surface area contributed by atoms with E-state index in [1.807, 2.05) is 37.4 Å². The Balaban J connectivity index is 2.13. The van der Waals surface area contributed by atoms with Crippen LogP contribution in [0.5, 0.6) is 5.75 Å². The van der Waals surface area contributed by atoms with Crippen molar-refractivity contribution in [3.8, 4) is 5.75 Å². The highest BCUT2D eigenvalue weighted by Crippen LogP contribution is 2.08. The van der Waals surface area contributed by atoms with E-state index in [0.29, 0.717) is 25.7 Å². The molecule has 0 saturated carbocycles. The van der Waals surface area contributed by atoms with Crippen LogP contribution in [0.1, 0.15) is 26.7 Å². The summed E-state index contributed by atoms with van der Waals surface area (Å²) in [6.45, 7) is 5.94. The van der Waals surface area contributed by atoms with Crippen molar-refractivity contribution in [2.75, 3.05) is 26.7 Å². The molecule has 112 valence electrons. The van der Waals surface area contributed by atoms with Gasteiger partial charge in [0.1, 0.15) is 5.75 Å². The number of hydrogen-bond acceptors (Lipinski definition) is 3.